The Balaban J connectivity index is 1.86. The van der Waals surface area contributed by atoms with Crippen LogP contribution in [0.3, 0.4) is 0 Å². The molecule has 0 aromatic carbocycles. The highest BCUT2D eigenvalue weighted by atomic mass is 32.2. The lowest BCUT2D eigenvalue weighted by atomic mass is 10.4. The number of amides is 1. The van der Waals surface area contributed by atoms with Crippen LogP contribution in [0.1, 0.15) is 10.7 Å². The summed E-state index contributed by atoms with van der Waals surface area (Å²) in [5, 5.41) is 5.77. The normalized spacial score (nSPS) is 10.4. The molecule has 20 heavy (non-hydrogen) atoms. The molecule has 0 radical (unpaired) electrons. The maximum atomic E-state index is 11.8. The number of thioether (sulfide) groups is 1. The maximum Gasteiger partial charge on any atom is 0.250 e. The summed E-state index contributed by atoms with van der Waals surface area (Å²) in [6.07, 6.45) is 3.63. The number of carbonyl (C=O) groups is 1. The molecule has 5 nitrogen and oxygen atoms in total. The van der Waals surface area contributed by atoms with E-state index in [1.54, 1.807) is 41.4 Å². The molecule has 1 N–H and O–H groups in total. The van der Waals surface area contributed by atoms with Gasteiger partial charge in [0.1, 0.15) is 11.6 Å². The lowest BCUT2D eigenvalue weighted by molar-refractivity contribution is -0.121. The average molecular weight is 309 g/mol. The number of aromatic nitrogens is 2. The molecule has 0 spiro atoms. The third kappa shape index (κ3) is 4.21. The van der Waals surface area contributed by atoms with Crippen molar-refractivity contribution in [1.29, 1.82) is 0 Å². The minimum absolute atomic E-state index is 0.0292. The molecule has 2 aromatic heterocycles. The van der Waals surface area contributed by atoms with Crippen molar-refractivity contribution in [2.45, 2.75) is 18.8 Å². The predicted molar refractivity (Wildman–Crippen MR) is 81.9 cm³/mol. The van der Waals surface area contributed by atoms with E-state index in [9.17, 15) is 9.59 Å². The third-order valence-electron chi connectivity index (χ3n) is 2.55. The third-order valence-corrected chi connectivity index (χ3v) is 4.19. The van der Waals surface area contributed by atoms with Crippen LogP contribution in [0.4, 0.5) is 0 Å². The lowest BCUT2D eigenvalue weighted by Crippen LogP contribution is -2.31. The first kappa shape index (κ1) is 14.8. The van der Waals surface area contributed by atoms with Crippen molar-refractivity contribution in [3.63, 3.8) is 0 Å². The Kier molecular flexibility index (Phi) is 5.37. The molecule has 0 aliphatic heterocycles. The lowest BCUT2D eigenvalue weighted by Gasteiger charge is -2.05. The number of hydrogen-bond acceptors (Lipinski definition) is 5. The summed E-state index contributed by atoms with van der Waals surface area (Å²) in [6.45, 7) is 0.423. The van der Waals surface area contributed by atoms with E-state index < -0.39 is 0 Å². The Labute approximate surface area is 125 Å². The number of nitrogens with one attached hydrogen (secondary N) is 1. The molecular formula is C13H15N3O2S2. The van der Waals surface area contributed by atoms with E-state index in [0.29, 0.717) is 6.54 Å². The second kappa shape index (κ2) is 7.25. The highest BCUT2D eigenvalue weighted by Gasteiger charge is 2.06. The van der Waals surface area contributed by atoms with Gasteiger partial charge < -0.3 is 9.88 Å². The number of rotatable bonds is 6. The molecule has 0 unspecified atom stereocenters. The van der Waals surface area contributed by atoms with Gasteiger partial charge in [-0.1, -0.05) is 6.07 Å². The van der Waals surface area contributed by atoms with E-state index in [1.165, 1.54) is 10.6 Å². The van der Waals surface area contributed by atoms with Crippen LogP contribution in [0.2, 0.25) is 0 Å². The fraction of sp³-hybridized carbons (Fsp3) is 0.308. The van der Waals surface area contributed by atoms with Gasteiger partial charge in [-0.3, -0.25) is 9.59 Å². The summed E-state index contributed by atoms with van der Waals surface area (Å²) in [5.74, 6) is 0.690. The highest BCUT2D eigenvalue weighted by molar-refractivity contribution is 7.97. The zero-order valence-electron chi connectivity index (χ0n) is 11.0. The Bertz CT molecular complexity index is 636. The van der Waals surface area contributed by atoms with Crippen molar-refractivity contribution in [2.24, 2.45) is 0 Å². The minimum atomic E-state index is -0.197. The van der Waals surface area contributed by atoms with E-state index in [2.05, 4.69) is 10.3 Å². The highest BCUT2D eigenvalue weighted by Crippen LogP contribution is 2.14. The summed E-state index contributed by atoms with van der Waals surface area (Å²) in [4.78, 5) is 27.7. The van der Waals surface area contributed by atoms with Gasteiger partial charge in [0.2, 0.25) is 5.91 Å². The van der Waals surface area contributed by atoms with Gasteiger partial charge in [-0.15, -0.1) is 11.3 Å². The quantitative estimate of drug-likeness (QED) is 0.878. The second-order valence-corrected chi connectivity index (χ2v) is 5.92. The molecule has 0 fully saturated rings. The molecular weight excluding hydrogens is 294 g/mol. The van der Waals surface area contributed by atoms with Crippen LogP contribution in [0, 0.1) is 0 Å². The SMILES string of the molecule is CSCc1nc(CNC(=O)Cn2ccccc2=O)cs1. The van der Waals surface area contributed by atoms with Crippen LogP contribution in [0.15, 0.2) is 34.6 Å². The topological polar surface area (TPSA) is 64.0 Å². The molecule has 0 aliphatic rings. The molecule has 0 saturated carbocycles. The zero-order valence-corrected chi connectivity index (χ0v) is 12.7. The maximum absolute atomic E-state index is 11.8. The van der Waals surface area contributed by atoms with E-state index >= 15 is 0 Å². The molecule has 2 rings (SSSR count). The summed E-state index contributed by atoms with van der Waals surface area (Å²) in [5.41, 5.74) is 0.673. The van der Waals surface area contributed by atoms with Gasteiger partial charge in [-0.25, -0.2) is 4.98 Å². The van der Waals surface area contributed by atoms with Gasteiger partial charge in [-0.05, 0) is 12.3 Å². The largest absolute Gasteiger partial charge is 0.349 e. The van der Waals surface area contributed by atoms with Crippen molar-refractivity contribution in [3.8, 4) is 0 Å². The number of nitrogens with zero attached hydrogens (tertiary/aromatic N) is 2. The summed E-state index contributed by atoms with van der Waals surface area (Å²) in [6, 6.07) is 4.81. The monoisotopic (exact) mass is 309 g/mol. The van der Waals surface area contributed by atoms with Crippen LogP contribution in [-0.2, 0) is 23.6 Å². The van der Waals surface area contributed by atoms with Crippen molar-refractivity contribution < 1.29 is 4.79 Å². The molecule has 106 valence electrons. The van der Waals surface area contributed by atoms with Crippen molar-refractivity contribution >= 4 is 29.0 Å². The van der Waals surface area contributed by atoms with E-state index in [1.807, 2.05) is 11.6 Å². The molecule has 1 amide bonds. The van der Waals surface area contributed by atoms with E-state index in [-0.39, 0.29) is 18.0 Å². The zero-order chi connectivity index (χ0) is 14.4. The van der Waals surface area contributed by atoms with Gasteiger partial charge in [0.05, 0.1) is 12.2 Å². The molecule has 2 heterocycles. The van der Waals surface area contributed by atoms with Crippen LogP contribution in [0.25, 0.3) is 0 Å². The number of thiazole rings is 1. The Morgan fingerprint density at radius 1 is 1.50 bits per heavy atom. The van der Waals surface area contributed by atoms with Gasteiger partial charge in [0.15, 0.2) is 0 Å². The van der Waals surface area contributed by atoms with E-state index in [4.69, 9.17) is 0 Å². The summed E-state index contributed by atoms with van der Waals surface area (Å²) < 4.78 is 1.37. The van der Waals surface area contributed by atoms with Crippen LogP contribution in [-0.4, -0.2) is 21.7 Å². The molecule has 7 heteroatoms. The number of hydrogen-bond donors (Lipinski definition) is 1. The summed E-state index contributed by atoms with van der Waals surface area (Å²) in [7, 11) is 0. The molecule has 0 bridgehead atoms. The summed E-state index contributed by atoms with van der Waals surface area (Å²) >= 11 is 3.31. The molecule has 0 aliphatic carbocycles. The molecule has 0 saturated heterocycles. The predicted octanol–water partition coefficient (Wildman–Crippen LogP) is 1.48. The average Bonchev–Trinajstić information content (AvgIpc) is 2.87. The van der Waals surface area contributed by atoms with Gasteiger partial charge in [0, 0.05) is 23.4 Å². The van der Waals surface area contributed by atoms with Crippen molar-refractivity contribution in [1.82, 2.24) is 14.9 Å². The Hall–Kier alpha value is -1.60. The van der Waals surface area contributed by atoms with Crippen LogP contribution >= 0.6 is 23.1 Å². The fourth-order valence-electron chi connectivity index (χ4n) is 1.61. The van der Waals surface area contributed by atoms with Crippen molar-refractivity contribution in [2.75, 3.05) is 6.26 Å². The molecule has 0 atom stereocenters. The first-order valence-electron chi connectivity index (χ1n) is 6.03. The second-order valence-electron chi connectivity index (χ2n) is 4.11. The number of carbonyl (C=O) groups excluding carboxylic acids is 1. The smallest absolute Gasteiger partial charge is 0.250 e. The van der Waals surface area contributed by atoms with Crippen LogP contribution in [0.5, 0.6) is 0 Å². The Morgan fingerprint density at radius 3 is 3.10 bits per heavy atom. The van der Waals surface area contributed by atoms with Gasteiger partial charge >= 0.3 is 0 Å². The van der Waals surface area contributed by atoms with Crippen molar-refractivity contribution in [3.05, 3.63) is 50.8 Å². The Morgan fingerprint density at radius 2 is 2.35 bits per heavy atom. The number of pyridine rings is 1. The van der Waals surface area contributed by atoms with Gasteiger partial charge in [0.25, 0.3) is 5.56 Å². The standard InChI is InChI=1S/C13H15N3O2S2/c1-19-9-12-15-10(8-20-12)6-14-11(17)7-16-5-3-2-4-13(16)18/h2-5,8H,6-7,9H2,1H3,(H,14,17). The van der Waals surface area contributed by atoms with E-state index in [0.717, 1.165) is 16.5 Å². The molecule has 2 aromatic rings. The first-order valence-corrected chi connectivity index (χ1v) is 8.31. The van der Waals surface area contributed by atoms with Gasteiger partial charge in [-0.2, -0.15) is 11.8 Å². The first-order chi connectivity index (χ1) is 9.69. The minimum Gasteiger partial charge on any atom is -0.349 e. The van der Waals surface area contributed by atoms with Crippen LogP contribution < -0.4 is 10.9 Å². The fourth-order valence-corrected chi connectivity index (χ4v) is 3.13.